The van der Waals surface area contributed by atoms with Crippen molar-refractivity contribution in [3.63, 3.8) is 0 Å². The molecule has 1 aromatic heterocycles. The van der Waals surface area contributed by atoms with Crippen molar-refractivity contribution in [3.8, 4) is 11.8 Å². The number of hydrogen-bond acceptors (Lipinski definition) is 3. The largest absolute Gasteiger partial charge is 0.373 e. The van der Waals surface area contributed by atoms with Crippen LogP contribution < -0.4 is 0 Å². The zero-order chi connectivity index (χ0) is 13.6. The minimum absolute atomic E-state index is 0.349. The molecule has 0 saturated carbocycles. The first-order valence-corrected chi connectivity index (χ1v) is 6.46. The molecule has 1 atom stereocenters. The third-order valence-corrected chi connectivity index (χ3v) is 3.49. The lowest BCUT2D eigenvalue weighted by Crippen LogP contribution is -2.40. The number of aliphatic hydroxyl groups is 1. The number of unbranched alkanes of at least 4 members (excludes halogenated alkanes) is 1. The van der Waals surface area contributed by atoms with E-state index in [-0.39, 0.29) is 5.41 Å². The molecule has 98 valence electrons. The molecule has 1 N–H and O–H groups in total. The van der Waals surface area contributed by atoms with Crippen LogP contribution in [0.15, 0.2) is 18.7 Å². The summed E-state index contributed by atoms with van der Waals surface area (Å²) >= 11 is 0. The molecule has 0 fully saturated rings. The van der Waals surface area contributed by atoms with Crippen molar-refractivity contribution in [2.75, 3.05) is 0 Å². The molecule has 0 aliphatic heterocycles. The van der Waals surface area contributed by atoms with Crippen LogP contribution in [-0.2, 0) is 5.60 Å². The van der Waals surface area contributed by atoms with Gasteiger partial charge < -0.3 is 5.11 Å². The minimum Gasteiger partial charge on any atom is -0.373 e. The van der Waals surface area contributed by atoms with Gasteiger partial charge in [-0.25, -0.2) is 9.97 Å². The van der Waals surface area contributed by atoms with E-state index < -0.39 is 5.60 Å². The van der Waals surface area contributed by atoms with Crippen molar-refractivity contribution >= 4 is 0 Å². The van der Waals surface area contributed by atoms with Crippen LogP contribution in [0.1, 0.15) is 52.5 Å². The second-order valence-electron chi connectivity index (χ2n) is 5.13. The maximum Gasteiger partial charge on any atom is 0.158 e. The predicted molar refractivity (Wildman–Crippen MR) is 72.7 cm³/mol. The molecule has 18 heavy (non-hydrogen) atoms. The first-order chi connectivity index (χ1) is 8.48. The van der Waals surface area contributed by atoms with Crippen molar-refractivity contribution < 1.29 is 5.11 Å². The van der Waals surface area contributed by atoms with E-state index in [0.717, 1.165) is 19.3 Å². The average molecular weight is 246 g/mol. The second kappa shape index (κ2) is 5.97. The summed E-state index contributed by atoms with van der Waals surface area (Å²) in [6, 6.07) is 0. The van der Waals surface area contributed by atoms with E-state index in [1.165, 1.54) is 6.33 Å². The summed E-state index contributed by atoms with van der Waals surface area (Å²) in [7, 11) is 0. The zero-order valence-corrected chi connectivity index (χ0v) is 11.7. The zero-order valence-electron chi connectivity index (χ0n) is 11.7. The third-order valence-electron chi connectivity index (χ3n) is 3.49. The van der Waals surface area contributed by atoms with Crippen molar-refractivity contribution in [1.29, 1.82) is 0 Å². The molecule has 0 radical (unpaired) electrons. The number of hydrogen-bond donors (Lipinski definition) is 1. The molecule has 0 amide bonds. The molecule has 0 spiro atoms. The molecule has 1 rings (SSSR count). The lowest BCUT2D eigenvalue weighted by Gasteiger charge is -2.38. The van der Waals surface area contributed by atoms with Crippen LogP contribution in [-0.4, -0.2) is 15.1 Å². The minimum atomic E-state index is -1.20. The van der Waals surface area contributed by atoms with E-state index in [9.17, 15) is 5.11 Å². The van der Waals surface area contributed by atoms with Gasteiger partial charge in [0.15, 0.2) is 5.60 Å². The Labute approximate surface area is 110 Å². The van der Waals surface area contributed by atoms with Gasteiger partial charge >= 0.3 is 0 Å². The highest BCUT2D eigenvalue weighted by Gasteiger charge is 2.43. The highest BCUT2D eigenvalue weighted by molar-refractivity contribution is 5.31. The summed E-state index contributed by atoms with van der Waals surface area (Å²) in [5, 5.41) is 11.0. The maximum absolute atomic E-state index is 11.0. The molecule has 0 bridgehead atoms. The molecule has 1 aromatic rings. The van der Waals surface area contributed by atoms with E-state index >= 15 is 0 Å². The fourth-order valence-electron chi connectivity index (χ4n) is 1.69. The monoisotopic (exact) mass is 246 g/mol. The molecule has 0 aliphatic carbocycles. The van der Waals surface area contributed by atoms with Crippen molar-refractivity contribution in [2.24, 2.45) is 5.41 Å². The van der Waals surface area contributed by atoms with Gasteiger partial charge in [-0.05, 0) is 12.8 Å². The third kappa shape index (κ3) is 2.88. The quantitative estimate of drug-likeness (QED) is 0.831. The van der Waals surface area contributed by atoms with E-state index in [0.29, 0.717) is 5.56 Å². The van der Waals surface area contributed by atoms with Gasteiger partial charge in [0.2, 0.25) is 0 Å². The lowest BCUT2D eigenvalue weighted by atomic mass is 9.70. The summed E-state index contributed by atoms with van der Waals surface area (Å²) in [6.45, 7) is 8.15. The topological polar surface area (TPSA) is 46.0 Å². The number of aromatic nitrogens is 2. The van der Waals surface area contributed by atoms with E-state index in [1.807, 2.05) is 13.8 Å². The predicted octanol–water partition coefficient (Wildman–Crippen LogP) is 2.90. The first kappa shape index (κ1) is 14.7. The highest BCUT2D eigenvalue weighted by Crippen LogP contribution is 2.41. The van der Waals surface area contributed by atoms with Gasteiger partial charge in [0.1, 0.15) is 6.33 Å². The van der Waals surface area contributed by atoms with Crippen LogP contribution in [0.5, 0.6) is 0 Å². The van der Waals surface area contributed by atoms with E-state index in [1.54, 1.807) is 12.4 Å². The Kier molecular flexibility index (Phi) is 4.86. The van der Waals surface area contributed by atoms with Gasteiger partial charge in [-0.2, -0.15) is 0 Å². The van der Waals surface area contributed by atoms with E-state index in [4.69, 9.17) is 0 Å². The smallest absolute Gasteiger partial charge is 0.158 e. The SMILES string of the molecule is CCCC#CC(O)(c1cncnc1)C(C)(C)CC. The Morgan fingerprint density at radius 1 is 1.22 bits per heavy atom. The molecule has 0 aliphatic rings. The molecule has 1 heterocycles. The molecule has 3 heteroatoms. The van der Waals surface area contributed by atoms with Gasteiger partial charge in [0, 0.05) is 29.8 Å². The van der Waals surface area contributed by atoms with Crippen molar-refractivity contribution in [1.82, 2.24) is 9.97 Å². The Bertz CT molecular complexity index is 431. The Balaban J connectivity index is 3.23. The summed E-state index contributed by atoms with van der Waals surface area (Å²) in [4.78, 5) is 7.98. The van der Waals surface area contributed by atoms with Crippen LogP contribution >= 0.6 is 0 Å². The first-order valence-electron chi connectivity index (χ1n) is 6.46. The summed E-state index contributed by atoms with van der Waals surface area (Å²) in [5.74, 6) is 6.09. The second-order valence-corrected chi connectivity index (χ2v) is 5.13. The number of rotatable bonds is 4. The lowest BCUT2D eigenvalue weighted by molar-refractivity contribution is -0.0233. The average Bonchev–Trinajstić information content (AvgIpc) is 2.39. The van der Waals surface area contributed by atoms with Gasteiger partial charge in [0.25, 0.3) is 0 Å². The molecular weight excluding hydrogens is 224 g/mol. The van der Waals surface area contributed by atoms with Crippen LogP contribution in [0.4, 0.5) is 0 Å². The van der Waals surface area contributed by atoms with Crippen LogP contribution in [0.3, 0.4) is 0 Å². The molecule has 0 saturated heterocycles. The van der Waals surface area contributed by atoms with E-state index in [2.05, 4.69) is 35.7 Å². The molecule has 3 nitrogen and oxygen atoms in total. The van der Waals surface area contributed by atoms with Crippen LogP contribution in [0.2, 0.25) is 0 Å². The fraction of sp³-hybridized carbons (Fsp3) is 0.600. The fourth-order valence-corrected chi connectivity index (χ4v) is 1.69. The van der Waals surface area contributed by atoms with Gasteiger partial charge in [-0.3, -0.25) is 0 Å². The summed E-state index contributed by atoms with van der Waals surface area (Å²) in [6.07, 6.45) is 7.34. The Morgan fingerprint density at radius 3 is 2.33 bits per heavy atom. The van der Waals surface area contributed by atoms with Crippen molar-refractivity contribution in [2.45, 2.75) is 52.6 Å². The number of nitrogens with zero attached hydrogens (tertiary/aromatic N) is 2. The highest BCUT2D eigenvalue weighted by atomic mass is 16.3. The van der Waals surface area contributed by atoms with Gasteiger partial charge in [-0.15, -0.1) is 0 Å². The van der Waals surface area contributed by atoms with Gasteiger partial charge in [-0.1, -0.05) is 39.5 Å². The summed E-state index contributed by atoms with van der Waals surface area (Å²) in [5.41, 5.74) is -0.878. The Morgan fingerprint density at radius 2 is 1.83 bits per heavy atom. The molecule has 1 unspecified atom stereocenters. The van der Waals surface area contributed by atoms with Crippen LogP contribution in [0, 0.1) is 17.3 Å². The van der Waals surface area contributed by atoms with Gasteiger partial charge in [0.05, 0.1) is 0 Å². The van der Waals surface area contributed by atoms with Crippen LogP contribution in [0.25, 0.3) is 0 Å². The normalized spacial score (nSPS) is 14.5. The molecule has 0 aromatic carbocycles. The maximum atomic E-state index is 11.0. The molecular formula is C15H22N2O. The summed E-state index contributed by atoms with van der Waals surface area (Å²) < 4.78 is 0. The Hall–Kier alpha value is -1.40. The van der Waals surface area contributed by atoms with Crippen molar-refractivity contribution in [3.05, 3.63) is 24.3 Å². The standard InChI is InChI=1S/C15H22N2O/c1-5-7-8-9-15(18,14(3,4)6-2)13-10-16-12-17-11-13/h10-12,18H,5-7H2,1-4H3.